The van der Waals surface area contributed by atoms with E-state index in [2.05, 4.69) is 10.6 Å². The molecule has 0 radical (unpaired) electrons. The van der Waals surface area contributed by atoms with Crippen LogP contribution in [0.25, 0.3) is 0 Å². The van der Waals surface area contributed by atoms with E-state index in [1.54, 1.807) is 30.1 Å². The van der Waals surface area contributed by atoms with Gasteiger partial charge in [0.1, 0.15) is 0 Å². The number of carbonyl (C=O) groups excluding carboxylic acids is 2. The number of benzene rings is 1. The molecule has 2 aliphatic heterocycles. The van der Waals surface area contributed by atoms with Crippen molar-refractivity contribution in [1.29, 1.82) is 0 Å². The molecule has 1 unspecified atom stereocenters. The predicted octanol–water partition coefficient (Wildman–Crippen LogP) is 0.242. The van der Waals surface area contributed by atoms with Gasteiger partial charge in [0, 0.05) is 37.9 Å². The van der Waals surface area contributed by atoms with Crippen molar-refractivity contribution in [3.8, 4) is 0 Å². The van der Waals surface area contributed by atoms with E-state index >= 15 is 0 Å². The lowest BCUT2D eigenvalue weighted by atomic mass is 10.1. The minimum absolute atomic E-state index is 0.0235. The highest BCUT2D eigenvalue weighted by molar-refractivity contribution is 6.01. The Bertz CT molecular complexity index is 567. The molecule has 1 aromatic carbocycles. The third kappa shape index (κ3) is 3.06. The fourth-order valence-corrected chi connectivity index (χ4v) is 2.71. The molecule has 0 aromatic heterocycles. The number of anilines is 1. The summed E-state index contributed by atoms with van der Waals surface area (Å²) in [6.07, 6.45) is 0.376. The highest BCUT2D eigenvalue weighted by atomic mass is 16.5. The number of rotatable bonds is 3. The molecule has 21 heavy (non-hydrogen) atoms. The van der Waals surface area contributed by atoms with Gasteiger partial charge >= 0.3 is 0 Å². The Morgan fingerprint density at radius 3 is 3.10 bits per heavy atom. The molecule has 0 saturated carbocycles. The molecule has 0 aliphatic carbocycles. The summed E-state index contributed by atoms with van der Waals surface area (Å²) in [5.74, 6) is -0.0732. The van der Waals surface area contributed by atoms with E-state index in [1.165, 1.54) is 0 Å². The average molecular weight is 289 g/mol. The lowest BCUT2D eigenvalue weighted by Crippen LogP contribution is -2.45. The van der Waals surface area contributed by atoms with E-state index in [-0.39, 0.29) is 17.9 Å². The Hall–Kier alpha value is -1.92. The molecule has 1 atom stereocenters. The zero-order valence-electron chi connectivity index (χ0n) is 12.0. The number of nitrogens with zero attached hydrogens (tertiary/aromatic N) is 1. The molecule has 2 aliphatic rings. The standard InChI is InChI=1S/C15H19N3O3/c1-18(9-12-8-16-4-5-21-12)15(20)10-2-3-13-11(6-10)7-14(19)17-13/h2-3,6,12,16H,4-5,7-9H2,1H3,(H,17,19). The second-order valence-corrected chi connectivity index (χ2v) is 5.48. The quantitative estimate of drug-likeness (QED) is 0.836. The van der Waals surface area contributed by atoms with Crippen LogP contribution < -0.4 is 10.6 Å². The van der Waals surface area contributed by atoms with Crippen molar-refractivity contribution >= 4 is 17.5 Å². The van der Waals surface area contributed by atoms with Gasteiger partial charge in [-0.1, -0.05) is 0 Å². The predicted molar refractivity (Wildman–Crippen MR) is 78.3 cm³/mol. The Morgan fingerprint density at radius 2 is 2.33 bits per heavy atom. The van der Waals surface area contributed by atoms with Crippen LogP contribution in [0.2, 0.25) is 0 Å². The molecule has 0 spiro atoms. The Labute approximate surface area is 123 Å². The molecule has 112 valence electrons. The molecule has 1 fully saturated rings. The SMILES string of the molecule is CN(CC1CNCCO1)C(=O)c1ccc2c(c1)CC(=O)N2. The minimum atomic E-state index is -0.0497. The highest BCUT2D eigenvalue weighted by Crippen LogP contribution is 2.24. The van der Waals surface area contributed by atoms with E-state index < -0.39 is 0 Å². The Kier molecular flexibility index (Phi) is 3.90. The van der Waals surface area contributed by atoms with Crippen molar-refractivity contribution in [2.24, 2.45) is 0 Å². The van der Waals surface area contributed by atoms with Crippen molar-refractivity contribution < 1.29 is 14.3 Å². The van der Waals surface area contributed by atoms with Gasteiger partial charge in [0.2, 0.25) is 5.91 Å². The first-order valence-electron chi connectivity index (χ1n) is 7.14. The van der Waals surface area contributed by atoms with Crippen LogP contribution in [0.1, 0.15) is 15.9 Å². The first-order valence-corrected chi connectivity index (χ1v) is 7.14. The molecule has 3 rings (SSSR count). The van der Waals surface area contributed by atoms with Crippen molar-refractivity contribution in [2.45, 2.75) is 12.5 Å². The van der Waals surface area contributed by atoms with Gasteiger partial charge in [0.15, 0.2) is 0 Å². The van der Waals surface area contributed by atoms with E-state index in [1.807, 2.05) is 0 Å². The maximum absolute atomic E-state index is 12.4. The van der Waals surface area contributed by atoms with Gasteiger partial charge < -0.3 is 20.3 Å². The smallest absolute Gasteiger partial charge is 0.253 e. The van der Waals surface area contributed by atoms with Crippen LogP contribution in [0, 0.1) is 0 Å². The zero-order chi connectivity index (χ0) is 14.8. The number of morpholine rings is 1. The maximum Gasteiger partial charge on any atom is 0.253 e. The molecule has 1 aromatic rings. The summed E-state index contributed by atoms with van der Waals surface area (Å²) in [6.45, 7) is 2.86. The fraction of sp³-hybridized carbons (Fsp3) is 0.467. The zero-order valence-corrected chi connectivity index (χ0v) is 12.0. The summed E-state index contributed by atoms with van der Waals surface area (Å²) in [4.78, 5) is 25.5. The number of fused-ring (bicyclic) bond motifs is 1. The Balaban J connectivity index is 1.67. The summed E-state index contributed by atoms with van der Waals surface area (Å²) in [5.41, 5.74) is 2.30. The van der Waals surface area contributed by atoms with Crippen LogP contribution in [0.5, 0.6) is 0 Å². The van der Waals surface area contributed by atoms with Crippen molar-refractivity contribution in [3.05, 3.63) is 29.3 Å². The van der Waals surface area contributed by atoms with E-state index in [9.17, 15) is 9.59 Å². The highest BCUT2D eigenvalue weighted by Gasteiger charge is 2.22. The van der Waals surface area contributed by atoms with Gasteiger partial charge in [0.05, 0.1) is 19.1 Å². The normalized spacial score (nSPS) is 20.8. The number of likely N-dealkylation sites (N-methyl/N-ethyl adjacent to an activating group) is 1. The molecular weight excluding hydrogens is 270 g/mol. The van der Waals surface area contributed by atoms with E-state index in [0.717, 1.165) is 24.3 Å². The monoisotopic (exact) mass is 289 g/mol. The van der Waals surface area contributed by atoms with Crippen LogP contribution in [-0.4, -0.2) is 56.1 Å². The van der Waals surface area contributed by atoms with E-state index in [0.29, 0.717) is 25.1 Å². The molecule has 2 N–H and O–H groups in total. The third-order valence-corrected chi connectivity index (χ3v) is 3.81. The van der Waals surface area contributed by atoms with Gasteiger partial charge in [-0.05, 0) is 23.8 Å². The minimum Gasteiger partial charge on any atom is -0.374 e. The molecule has 6 nitrogen and oxygen atoms in total. The largest absolute Gasteiger partial charge is 0.374 e. The van der Waals surface area contributed by atoms with Gasteiger partial charge in [0.25, 0.3) is 5.91 Å². The van der Waals surface area contributed by atoms with Gasteiger partial charge in [-0.25, -0.2) is 0 Å². The number of ether oxygens (including phenoxy) is 1. The number of hydrogen-bond donors (Lipinski definition) is 2. The third-order valence-electron chi connectivity index (χ3n) is 3.81. The van der Waals surface area contributed by atoms with Crippen molar-refractivity contribution in [3.63, 3.8) is 0 Å². The van der Waals surface area contributed by atoms with Crippen LogP contribution in [0.3, 0.4) is 0 Å². The lowest BCUT2D eigenvalue weighted by Gasteiger charge is -2.28. The summed E-state index contributed by atoms with van der Waals surface area (Å²) >= 11 is 0. The summed E-state index contributed by atoms with van der Waals surface area (Å²) in [6, 6.07) is 5.34. The second kappa shape index (κ2) is 5.83. The van der Waals surface area contributed by atoms with Crippen LogP contribution in [0.15, 0.2) is 18.2 Å². The molecule has 2 amide bonds. The van der Waals surface area contributed by atoms with Gasteiger partial charge in [-0.15, -0.1) is 0 Å². The number of amides is 2. The summed E-state index contributed by atoms with van der Waals surface area (Å²) in [5, 5.41) is 6.02. The van der Waals surface area contributed by atoms with Crippen LogP contribution >= 0.6 is 0 Å². The lowest BCUT2D eigenvalue weighted by molar-refractivity contribution is -0.115. The topological polar surface area (TPSA) is 70.7 Å². The van der Waals surface area contributed by atoms with E-state index in [4.69, 9.17) is 4.74 Å². The van der Waals surface area contributed by atoms with Crippen molar-refractivity contribution in [2.75, 3.05) is 38.6 Å². The van der Waals surface area contributed by atoms with Crippen LogP contribution in [-0.2, 0) is 16.0 Å². The average Bonchev–Trinajstić information content (AvgIpc) is 2.86. The molecule has 0 bridgehead atoms. The molecule has 2 heterocycles. The molecule has 1 saturated heterocycles. The first kappa shape index (κ1) is 14.0. The van der Waals surface area contributed by atoms with Gasteiger partial charge in [-0.3, -0.25) is 9.59 Å². The Morgan fingerprint density at radius 1 is 1.48 bits per heavy atom. The maximum atomic E-state index is 12.4. The fourth-order valence-electron chi connectivity index (χ4n) is 2.71. The number of carbonyl (C=O) groups is 2. The second-order valence-electron chi connectivity index (χ2n) is 5.48. The number of hydrogen-bond acceptors (Lipinski definition) is 4. The molecule has 6 heteroatoms. The first-order chi connectivity index (χ1) is 10.1. The summed E-state index contributed by atoms with van der Waals surface area (Å²) in [7, 11) is 1.77. The molecular formula is C15H19N3O3. The van der Waals surface area contributed by atoms with Gasteiger partial charge in [-0.2, -0.15) is 0 Å². The van der Waals surface area contributed by atoms with Crippen LogP contribution in [0.4, 0.5) is 5.69 Å². The number of nitrogens with one attached hydrogen (secondary N) is 2. The summed E-state index contributed by atoms with van der Waals surface area (Å²) < 4.78 is 5.61. The van der Waals surface area contributed by atoms with Crippen molar-refractivity contribution in [1.82, 2.24) is 10.2 Å².